The van der Waals surface area contributed by atoms with Crippen LogP contribution in [0.25, 0.3) is 0 Å². The van der Waals surface area contributed by atoms with Gasteiger partial charge in [0.1, 0.15) is 11.6 Å². The Kier molecular flexibility index (Phi) is 4.30. The highest BCUT2D eigenvalue weighted by molar-refractivity contribution is 5.24. The Balaban J connectivity index is 2.29. The number of hydrogen-bond donors (Lipinski definition) is 1. The van der Waals surface area contributed by atoms with E-state index in [9.17, 15) is 8.78 Å². The molecule has 0 spiro atoms. The molecule has 2 rings (SSSR count). The molecule has 1 fully saturated rings. The van der Waals surface area contributed by atoms with Crippen LogP contribution in [0.4, 0.5) is 8.78 Å². The summed E-state index contributed by atoms with van der Waals surface area (Å²) >= 11 is 0. The van der Waals surface area contributed by atoms with E-state index in [1.54, 1.807) is 0 Å². The minimum Gasteiger partial charge on any atom is -0.373 e. The van der Waals surface area contributed by atoms with E-state index in [1.165, 1.54) is 18.2 Å². The number of nitrogens with one attached hydrogen (secondary N) is 1. The number of likely N-dealkylation sites (N-methyl/N-ethyl adjacent to an activating group) is 1. The number of rotatable bonds is 4. The lowest BCUT2D eigenvalue weighted by atomic mass is 9.98. The van der Waals surface area contributed by atoms with Crippen LogP contribution in [-0.2, 0) is 4.74 Å². The average Bonchev–Trinajstić information content (AvgIpc) is 2.74. The Hall–Kier alpha value is -1.00. The van der Waals surface area contributed by atoms with Crippen LogP contribution in [0.5, 0.6) is 0 Å². The van der Waals surface area contributed by atoms with Crippen LogP contribution < -0.4 is 5.32 Å². The fourth-order valence-electron chi connectivity index (χ4n) is 2.53. The summed E-state index contributed by atoms with van der Waals surface area (Å²) in [6, 6.07) is 3.55. The lowest BCUT2D eigenvalue weighted by Crippen LogP contribution is -2.33. The van der Waals surface area contributed by atoms with E-state index in [1.807, 2.05) is 13.8 Å². The Bertz CT molecular complexity index is 391. The molecule has 0 bridgehead atoms. The smallest absolute Gasteiger partial charge is 0.131 e. The SMILES string of the molecule is CCNC(c1c(F)cccc1F)C1CCC(C)O1. The second kappa shape index (κ2) is 5.76. The summed E-state index contributed by atoms with van der Waals surface area (Å²) in [6.45, 7) is 4.55. The molecule has 0 radical (unpaired) electrons. The van der Waals surface area contributed by atoms with Gasteiger partial charge in [0.05, 0.1) is 18.2 Å². The third-order valence-electron chi connectivity index (χ3n) is 3.37. The predicted octanol–water partition coefficient (Wildman–Crippen LogP) is 3.18. The van der Waals surface area contributed by atoms with Crippen molar-refractivity contribution >= 4 is 0 Å². The van der Waals surface area contributed by atoms with Crippen molar-refractivity contribution in [1.29, 1.82) is 0 Å². The molecule has 3 unspecified atom stereocenters. The van der Waals surface area contributed by atoms with Crippen molar-refractivity contribution in [3.63, 3.8) is 0 Å². The van der Waals surface area contributed by atoms with Gasteiger partial charge in [0.2, 0.25) is 0 Å². The summed E-state index contributed by atoms with van der Waals surface area (Å²) in [7, 11) is 0. The molecule has 100 valence electrons. The summed E-state index contributed by atoms with van der Waals surface area (Å²) in [5.74, 6) is -1.02. The molecule has 0 aliphatic carbocycles. The zero-order chi connectivity index (χ0) is 13.1. The third-order valence-corrected chi connectivity index (χ3v) is 3.37. The monoisotopic (exact) mass is 255 g/mol. The highest BCUT2D eigenvalue weighted by atomic mass is 19.1. The highest BCUT2D eigenvalue weighted by Crippen LogP contribution is 2.32. The van der Waals surface area contributed by atoms with Crippen LogP contribution >= 0.6 is 0 Å². The lowest BCUT2D eigenvalue weighted by Gasteiger charge is -2.25. The second-order valence-corrected chi connectivity index (χ2v) is 4.73. The maximum absolute atomic E-state index is 13.8. The van der Waals surface area contributed by atoms with E-state index in [0.29, 0.717) is 6.54 Å². The van der Waals surface area contributed by atoms with Gasteiger partial charge in [0, 0.05) is 5.56 Å². The quantitative estimate of drug-likeness (QED) is 0.892. The lowest BCUT2D eigenvalue weighted by molar-refractivity contribution is 0.0303. The maximum atomic E-state index is 13.8. The van der Waals surface area contributed by atoms with Crippen molar-refractivity contribution in [3.8, 4) is 0 Å². The largest absolute Gasteiger partial charge is 0.373 e. The number of benzene rings is 1. The summed E-state index contributed by atoms with van der Waals surface area (Å²) in [5.41, 5.74) is 0.0958. The highest BCUT2D eigenvalue weighted by Gasteiger charge is 2.33. The van der Waals surface area contributed by atoms with Gasteiger partial charge in [0.25, 0.3) is 0 Å². The Labute approximate surface area is 106 Å². The summed E-state index contributed by atoms with van der Waals surface area (Å²) in [6.07, 6.45) is 1.76. The maximum Gasteiger partial charge on any atom is 0.131 e. The molecule has 1 aliphatic heterocycles. The van der Waals surface area contributed by atoms with Gasteiger partial charge < -0.3 is 10.1 Å². The molecule has 0 saturated carbocycles. The fraction of sp³-hybridized carbons (Fsp3) is 0.571. The van der Waals surface area contributed by atoms with Crippen LogP contribution in [0.2, 0.25) is 0 Å². The molecule has 1 aliphatic rings. The Morgan fingerprint density at radius 2 is 2.00 bits per heavy atom. The molecule has 4 heteroatoms. The number of halogens is 2. The molecule has 0 aromatic heterocycles. The van der Waals surface area contributed by atoms with Gasteiger partial charge >= 0.3 is 0 Å². The molecular weight excluding hydrogens is 236 g/mol. The van der Waals surface area contributed by atoms with E-state index in [2.05, 4.69) is 5.32 Å². The third kappa shape index (κ3) is 2.70. The molecule has 1 heterocycles. The summed E-state index contributed by atoms with van der Waals surface area (Å²) in [4.78, 5) is 0. The Morgan fingerprint density at radius 3 is 2.50 bits per heavy atom. The first-order valence-corrected chi connectivity index (χ1v) is 6.46. The number of ether oxygens (including phenoxy) is 1. The van der Waals surface area contributed by atoms with Crippen LogP contribution in [0, 0.1) is 11.6 Å². The molecule has 0 amide bonds. The molecule has 1 N–H and O–H groups in total. The van der Waals surface area contributed by atoms with Gasteiger partial charge in [-0.1, -0.05) is 13.0 Å². The molecule has 3 atom stereocenters. The fourth-order valence-corrected chi connectivity index (χ4v) is 2.53. The van der Waals surface area contributed by atoms with Crippen LogP contribution in [0.15, 0.2) is 18.2 Å². The minimum absolute atomic E-state index is 0.0958. The standard InChI is InChI=1S/C14H19F2NO/c1-3-17-14(12-8-7-9(2)18-12)13-10(15)5-4-6-11(13)16/h4-6,9,12,14,17H,3,7-8H2,1-2H3. The number of hydrogen-bond acceptors (Lipinski definition) is 2. The normalized spacial score (nSPS) is 25.3. The zero-order valence-corrected chi connectivity index (χ0v) is 10.7. The molecule has 1 aromatic rings. The van der Waals surface area contributed by atoms with Crippen molar-refractivity contribution in [1.82, 2.24) is 5.32 Å². The van der Waals surface area contributed by atoms with Gasteiger partial charge in [0.15, 0.2) is 0 Å². The predicted molar refractivity (Wildman–Crippen MR) is 66.3 cm³/mol. The first-order chi connectivity index (χ1) is 8.63. The van der Waals surface area contributed by atoms with Gasteiger partial charge in [-0.25, -0.2) is 8.78 Å². The van der Waals surface area contributed by atoms with Crippen LogP contribution in [0.3, 0.4) is 0 Å². The van der Waals surface area contributed by atoms with E-state index in [0.717, 1.165) is 12.8 Å². The van der Waals surface area contributed by atoms with Gasteiger partial charge in [-0.15, -0.1) is 0 Å². The van der Waals surface area contributed by atoms with E-state index in [4.69, 9.17) is 4.74 Å². The van der Waals surface area contributed by atoms with Crippen molar-refractivity contribution in [2.75, 3.05) is 6.54 Å². The summed E-state index contributed by atoms with van der Waals surface area (Å²) < 4.78 is 33.4. The molecule has 2 nitrogen and oxygen atoms in total. The first-order valence-electron chi connectivity index (χ1n) is 6.46. The van der Waals surface area contributed by atoms with Crippen molar-refractivity contribution in [2.24, 2.45) is 0 Å². The summed E-state index contributed by atoms with van der Waals surface area (Å²) in [5, 5.41) is 3.14. The van der Waals surface area contributed by atoms with Crippen molar-refractivity contribution in [3.05, 3.63) is 35.4 Å². The van der Waals surface area contributed by atoms with Gasteiger partial charge in [-0.05, 0) is 38.4 Å². The van der Waals surface area contributed by atoms with E-state index >= 15 is 0 Å². The molecule has 18 heavy (non-hydrogen) atoms. The van der Waals surface area contributed by atoms with E-state index < -0.39 is 17.7 Å². The van der Waals surface area contributed by atoms with Gasteiger partial charge in [-0.3, -0.25) is 0 Å². The van der Waals surface area contributed by atoms with Crippen molar-refractivity contribution in [2.45, 2.75) is 44.9 Å². The molecular formula is C14H19F2NO. The topological polar surface area (TPSA) is 21.3 Å². The van der Waals surface area contributed by atoms with Gasteiger partial charge in [-0.2, -0.15) is 0 Å². The average molecular weight is 255 g/mol. The minimum atomic E-state index is -0.510. The van der Waals surface area contributed by atoms with Crippen molar-refractivity contribution < 1.29 is 13.5 Å². The van der Waals surface area contributed by atoms with Crippen LogP contribution in [-0.4, -0.2) is 18.8 Å². The zero-order valence-electron chi connectivity index (χ0n) is 10.7. The Morgan fingerprint density at radius 1 is 1.33 bits per heavy atom. The van der Waals surface area contributed by atoms with Crippen LogP contribution in [0.1, 0.15) is 38.3 Å². The second-order valence-electron chi connectivity index (χ2n) is 4.73. The first kappa shape index (κ1) is 13.4. The molecule has 1 saturated heterocycles. The molecule has 1 aromatic carbocycles. The van der Waals surface area contributed by atoms with E-state index in [-0.39, 0.29) is 17.8 Å².